The van der Waals surface area contributed by atoms with Crippen molar-refractivity contribution in [2.75, 3.05) is 26.7 Å². The van der Waals surface area contributed by atoms with Gasteiger partial charge in [0, 0.05) is 25.2 Å². The van der Waals surface area contributed by atoms with Gasteiger partial charge in [0.1, 0.15) is 0 Å². The normalized spacial score (nSPS) is 28.1. The van der Waals surface area contributed by atoms with Gasteiger partial charge in [-0.1, -0.05) is 6.92 Å². The Morgan fingerprint density at radius 1 is 1.29 bits per heavy atom. The van der Waals surface area contributed by atoms with Crippen molar-refractivity contribution in [3.8, 4) is 0 Å². The molecule has 102 valence electrons. The number of carbonyl (C=O) groups is 1. The third kappa shape index (κ3) is 4.62. The molecule has 1 aliphatic heterocycles. The Morgan fingerprint density at radius 2 is 1.94 bits per heavy atom. The highest BCUT2D eigenvalue weighted by molar-refractivity contribution is 5.85. The van der Waals surface area contributed by atoms with Gasteiger partial charge in [-0.15, -0.1) is 24.8 Å². The summed E-state index contributed by atoms with van der Waals surface area (Å²) in [5.74, 6) is 0.707. The van der Waals surface area contributed by atoms with Gasteiger partial charge in [-0.25, -0.2) is 0 Å². The Hall–Kier alpha value is -0.0300. The molecule has 2 aliphatic rings. The van der Waals surface area contributed by atoms with Gasteiger partial charge >= 0.3 is 0 Å². The van der Waals surface area contributed by atoms with Crippen molar-refractivity contribution in [2.24, 2.45) is 5.92 Å². The Labute approximate surface area is 116 Å². The zero-order chi connectivity index (χ0) is 10.8. The number of likely N-dealkylation sites (tertiary alicyclic amines) is 1. The largest absolute Gasteiger partial charge is 0.351 e. The second kappa shape index (κ2) is 7.41. The number of nitrogens with one attached hydrogen (secondary N) is 2. The summed E-state index contributed by atoms with van der Waals surface area (Å²) in [4.78, 5) is 14.0. The minimum atomic E-state index is 0. The molecule has 17 heavy (non-hydrogen) atoms. The molecule has 0 aromatic heterocycles. The van der Waals surface area contributed by atoms with Crippen molar-refractivity contribution in [1.29, 1.82) is 0 Å². The number of carbonyl (C=O) groups excluding carboxylic acids is 1. The molecule has 2 atom stereocenters. The Morgan fingerprint density at radius 3 is 2.47 bits per heavy atom. The highest BCUT2D eigenvalue weighted by Gasteiger charge is 2.38. The minimum Gasteiger partial charge on any atom is -0.351 e. The number of likely N-dealkylation sites (N-methyl/N-ethyl adjacent to an activating group) is 1. The Bertz CT molecular complexity index is 249. The van der Waals surface area contributed by atoms with Crippen LogP contribution in [0.4, 0.5) is 0 Å². The molecule has 2 fully saturated rings. The van der Waals surface area contributed by atoms with Crippen LogP contribution in [-0.4, -0.2) is 49.6 Å². The molecule has 6 heteroatoms. The maximum Gasteiger partial charge on any atom is 0.234 e. The van der Waals surface area contributed by atoms with Crippen LogP contribution in [0, 0.1) is 5.92 Å². The number of amides is 1. The van der Waals surface area contributed by atoms with Crippen LogP contribution in [0.3, 0.4) is 0 Å². The molecular formula is C11H23Cl2N3O. The molecule has 2 rings (SSSR count). The van der Waals surface area contributed by atoms with E-state index in [2.05, 4.69) is 22.5 Å². The zero-order valence-corrected chi connectivity index (χ0v) is 12.1. The molecule has 2 unspecified atom stereocenters. The van der Waals surface area contributed by atoms with E-state index >= 15 is 0 Å². The SMILES string of the molecule is CNCC(=O)NC1CN(C2CC2)CC1C.Cl.Cl. The van der Waals surface area contributed by atoms with Crippen molar-refractivity contribution in [3.05, 3.63) is 0 Å². The van der Waals surface area contributed by atoms with Gasteiger partial charge in [0.15, 0.2) is 0 Å². The molecule has 4 nitrogen and oxygen atoms in total. The van der Waals surface area contributed by atoms with Crippen LogP contribution in [-0.2, 0) is 4.79 Å². The number of rotatable bonds is 4. The van der Waals surface area contributed by atoms with Crippen molar-refractivity contribution in [1.82, 2.24) is 15.5 Å². The lowest BCUT2D eigenvalue weighted by molar-refractivity contribution is -0.121. The lowest BCUT2D eigenvalue weighted by atomic mass is 10.1. The summed E-state index contributed by atoms with van der Waals surface area (Å²) < 4.78 is 0. The third-order valence-electron chi connectivity index (χ3n) is 3.39. The van der Waals surface area contributed by atoms with E-state index in [-0.39, 0.29) is 30.7 Å². The van der Waals surface area contributed by atoms with Crippen LogP contribution in [0.1, 0.15) is 19.8 Å². The molecule has 1 saturated carbocycles. The summed E-state index contributed by atoms with van der Waals surface area (Å²) >= 11 is 0. The van der Waals surface area contributed by atoms with Crippen LogP contribution in [0.2, 0.25) is 0 Å². The maximum absolute atomic E-state index is 11.4. The van der Waals surface area contributed by atoms with Gasteiger partial charge in [-0.3, -0.25) is 9.69 Å². The standard InChI is InChI=1S/C11H21N3O.2ClH/c1-8-6-14(9-3-4-9)7-10(8)13-11(15)5-12-2;;/h8-10,12H,3-7H2,1-2H3,(H,13,15);2*1H. The second-order valence-corrected chi connectivity index (χ2v) is 4.87. The number of hydrogen-bond acceptors (Lipinski definition) is 3. The van der Waals surface area contributed by atoms with Crippen molar-refractivity contribution >= 4 is 30.7 Å². The van der Waals surface area contributed by atoms with E-state index in [1.807, 2.05) is 0 Å². The van der Waals surface area contributed by atoms with Gasteiger partial charge in [0.05, 0.1) is 6.54 Å². The van der Waals surface area contributed by atoms with Crippen LogP contribution in [0.15, 0.2) is 0 Å². The van der Waals surface area contributed by atoms with Crippen LogP contribution in [0.5, 0.6) is 0 Å². The van der Waals surface area contributed by atoms with Crippen LogP contribution < -0.4 is 10.6 Å². The fraction of sp³-hybridized carbons (Fsp3) is 0.909. The average molecular weight is 284 g/mol. The number of nitrogens with zero attached hydrogens (tertiary/aromatic N) is 1. The molecule has 1 amide bonds. The van der Waals surface area contributed by atoms with Gasteiger partial charge < -0.3 is 10.6 Å². The third-order valence-corrected chi connectivity index (χ3v) is 3.39. The molecule has 1 aliphatic carbocycles. The predicted molar refractivity (Wildman–Crippen MR) is 74.1 cm³/mol. The molecule has 0 aromatic carbocycles. The molecule has 2 N–H and O–H groups in total. The lowest BCUT2D eigenvalue weighted by Gasteiger charge is -2.16. The van der Waals surface area contributed by atoms with Gasteiger partial charge in [-0.05, 0) is 25.8 Å². The highest BCUT2D eigenvalue weighted by Crippen LogP contribution is 2.31. The molecule has 0 radical (unpaired) electrons. The van der Waals surface area contributed by atoms with Gasteiger partial charge in [-0.2, -0.15) is 0 Å². The monoisotopic (exact) mass is 283 g/mol. The first-order chi connectivity index (χ1) is 7.20. The van der Waals surface area contributed by atoms with E-state index in [1.165, 1.54) is 12.8 Å². The molecule has 0 bridgehead atoms. The lowest BCUT2D eigenvalue weighted by Crippen LogP contribution is -2.43. The zero-order valence-electron chi connectivity index (χ0n) is 10.4. The van der Waals surface area contributed by atoms with E-state index in [0.29, 0.717) is 18.5 Å². The summed E-state index contributed by atoms with van der Waals surface area (Å²) in [5.41, 5.74) is 0. The topological polar surface area (TPSA) is 44.4 Å². The van der Waals surface area contributed by atoms with E-state index in [0.717, 1.165) is 19.1 Å². The molecule has 1 heterocycles. The Kier molecular flexibility index (Phi) is 7.40. The van der Waals surface area contributed by atoms with Gasteiger partial charge in [0.2, 0.25) is 5.91 Å². The van der Waals surface area contributed by atoms with E-state index in [1.54, 1.807) is 7.05 Å². The highest BCUT2D eigenvalue weighted by atomic mass is 35.5. The summed E-state index contributed by atoms with van der Waals surface area (Å²) in [7, 11) is 1.80. The fourth-order valence-electron chi connectivity index (χ4n) is 2.35. The van der Waals surface area contributed by atoms with E-state index in [9.17, 15) is 4.79 Å². The minimum absolute atomic E-state index is 0. The maximum atomic E-state index is 11.4. The summed E-state index contributed by atoms with van der Waals surface area (Å²) in [5, 5.41) is 5.98. The first-order valence-electron chi connectivity index (χ1n) is 5.88. The van der Waals surface area contributed by atoms with Gasteiger partial charge in [0.25, 0.3) is 0 Å². The quantitative estimate of drug-likeness (QED) is 0.796. The van der Waals surface area contributed by atoms with Crippen molar-refractivity contribution in [2.45, 2.75) is 31.8 Å². The number of halogens is 2. The van der Waals surface area contributed by atoms with Crippen LogP contribution in [0.25, 0.3) is 0 Å². The van der Waals surface area contributed by atoms with Crippen molar-refractivity contribution in [3.63, 3.8) is 0 Å². The molecule has 0 aromatic rings. The Balaban J connectivity index is 0.00000128. The number of hydrogen-bond donors (Lipinski definition) is 2. The molecule has 0 spiro atoms. The van der Waals surface area contributed by atoms with E-state index in [4.69, 9.17) is 0 Å². The first-order valence-corrected chi connectivity index (χ1v) is 5.88. The summed E-state index contributed by atoms with van der Waals surface area (Å²) in [6.45, 7) is 4.84. The van der Waals surface area contributed by atoms with Crippen molar-refractivity contribution < 1.29 is 4.79 Å². The molecule has 1 saturated heterocycles. The molecular weight excluding hydrogens is 261 g/mol. The second-order valence-electron chi connectivity index (χ2n) is 4.87. The predicted octanol–water partition coefficient (Wildman–Crippen LogP) is 0.648. The first kappa shape index (κ1) is 17.0. The van der Waals surface area contributed by atoms with E-state index < -0.39 is 0 Å². The smallest absolute Gasteiger partial charge is 0.234 e. The van der Waals surface area contributed by atoms with Crippen LogP contribution >= 0.6 is 24.8 Å². The average Bonchev–Trinajstić information content (AvgIpc) is 2.94. The summed E-state index contributed by atoms with van der Waals surface area (Å²) in [6, 6.07) is 1.17. The fourth-order valence-corrected chi connectivity index (χ4v) is 2.35. The summed E-state index contributed by atoms with van der Waals surface area (Å²) in [6.07, 6.45) is 2.70.